The van der Waals surface area contributed by atoms with E-state index >= 15 is 0 Å². The maximum atomic E-state index is 12.6. The Kier molecular flexibility index (Phi) is 6.72. The van der Waals surface area contributed by atoms with Gasteiger partial charge in [-0.2, -0.15) is 0 Å². The fraction of sp³-hybridized carbons (Fsp3) is 0.619. The van der Waals surface area contributed by atoms with Crippen LogP contribution in [0.4, 0.5) is 4.79 Å². The van der Waals surface area contributed by atoms with Gasteiger partial charge in [0.2, 0.25) is 5.91 Å². The molecule has 1 aromatic carbocycles. The van der Waals surface area contributed by atoms with Crippen LogP contribution in [0.2, 0.25) is 0 Å². The predicted octanol–water partition coefficient (Wildman–Crippen LogP) is 2.30. The first-order valence-corrected chi connectivity index (χ1v) is 10.1. The first-order chi connectivity index (χ1) is 13.1. The Morgan fingerprint density at radius 2 is 1.59 bits per heavy atom. The average Bonchev–Trinajstić information content (AvgIpc) is 2.70. The zero-order valence-corrected chi connectivity index (χ0v) is 16.5. The summed E-state index contributed by atoms with van der Waals surface area (Å²) in [5.41, 5.74) is 2.30. The van der Waals surface area contributed by atoms with Gasteiger partial charge in [0.1, 0.15) is 0 Å². The van der Waals surface area contributed by atoms with Crippen molar-refractivity contribution < 1.29 is 14.3 Å². The van der Waals surface area contributed by atoms with Gasteiger partial charge in [0.05, 0.1) is 13.0 Å². The van der Waals surface area contributed by atoms with Gasteiger partial charge >= 0.3 is 6.09 Å². The number of aryl methyl sites for hydroxylation is 1. The Labute approximate surface area is 162 Å². The molecule has 2 heterocycles. The van der Waals surface area contributed by atoms with Gasteiger partial charge in [-0.25, -0.2) is 4.79 Å². The Bertz CT molecular complexity index is 631. The van der Waals surface area contributed by atoms with E-state index in [-0.39, 0.29) is 12.0 Å². The number of likely N-dealkylation sites (tertiary alicyclic amines) is 1. The second-order valence-corrected chi connectivity index (χ2v) is 7.50. The summed E-state index contributed by atoms with van der Waals surface area (Å²) in [4.78, 5) is 30.7. The largest absolute Gasteiger partial charge is 0.450 e. The van der Waals surface area contributed by atoms with Crippen molar-refractivity contribution in [3.05, 3.63) is 35.4 Å². The quantitative estimate of drug-likeness (QED) is 0.813. The molecule has 2 amide bonds. The van der Waals surface area contributed by atoms with Gasteiger partial charge in [-0.05, 0) is 32.3 Å². The SMILES string of the molecule is CCOC(=O)N1CCC(N2CCN(C(=O)Cc3ccc(C)cc3)CC2)CC1. The minimum atomic E-state index is -0.192. The van der Waals surface area contributed by atoms with Gasteiger partial charge in [0, 0.05) is 45.3 Å². The maximum Gasteiger partial charge on any atom is 0.409 e. The number of carbonyl (C=O) groups is 2. The lowest BCUT2D eigenvalue weighted by atomic mass is 10.0. The fourth-order valence-corrected chi connectivity index (χ4v) is 3.96. The van der Waals surface area contributed by atoms with Gasteiger partial charge in [-0.15, -0.1) is 0 Å². The number of piperidine rings is 1. The number of ether oxygens (including phenoxy) is 1. The molecule has 0 aromatic heterocycles. The van der Waals surface area contributed by atoms with Gasteiger partial charge in [0.25, 0.3) is 0 Å². The number of piperazine rings is 1. The molecule has 27 heavy (non-hydrogen) atoms. The van der Waals surface area contributed by atoms with Crippen LogP contribution in [0.15, 0.2) is 24.3 Å². The molecule has 0 N–H and O–H groups in total. The minimum absolute atomic E-state index is 0.192. The van der Waals surface area contributed by atoms with E-state index in [1.807, 2.05) is 24.0 Å². The van der Waals surface area contributed by atoms with Crippen molar-refractivity contribution in [2.75, 3.05) is 45.9 Å². The third-order valence-corrected chi connectivity index (χ3v) is 5.65. The summed E-state index contributed by atoms with van der Waals surface area (Å²) in [6.07, 6.45) is 2.26. The number of benzene rings is 1. The minimum Gasteiger partial charge on any atom is -0.450 e. The molecule has 0 unspecified atom stereocenters. The van der Waals surface area contributed by atoms with E-state index in [0.29, 0.717) is 19.1 Å². The van der Waals surface area contributed by atoms with Gasteiger partial charge in [-0.1, -0.05) is 29.8 Å². The average molecular weight is 373 g/mol. The second kappa shape index (κ2) is 9.22. The molecule has 0 aliphatic carbocycles. The van der Waals surface area contributed by atoms with Crippen LogP contribution in [0.25, 0.3) is 0 Å². The smallest absolute Gasteiger partial charge is 0.409 e. The van der Waals surface area contributed by atoms with Crippen LogP contribution in [0, 0.1) is 6.92 Å². The molecule has 2 fully saturated rings. The topological polar surface area (TPSA) is 53.1 Å². The first kappa shape index (κ1) is 19.7. The summed E-state index contributed by atoms with van der Waals surface area (Å²) in [5, 5.41) is 0. The lowest BCUT2D eigenvalue weighted by Gasteiger charge is -2.42. The van der Waals surface area contributed by atoms with E-state index in [0.717, 1.165) is 57.7 Å². The molecule has 6 heteroatoms. The van der Waals surface area contributed by atoms with E-state index in [4.69, 9.17) is 4.74 Å². The van der Waals surface area contributed by atoms with Gasteiger partial charge < -0.3 is 14.5 Å². The normalized spacial score (nSPS) is 19.2. The highest BCUT2D eigenvalue weighted by Crippen LogP contribution is 2.19. The van der Waals surface area contributed by atoms with Crippen LogP contribution in [0.1, 0.15) is 30.9 Å². The molecule has 0 atom stereocenters. The van der Waals surface area contributed by atoms with Crippen LogP contribution in [-0.4, -0.2) is 78.6 Å². The molecule has 1 aromatic rings. The number of hydrogen-bond donors (Lipinski definition) is 0. The van der Waals surface area contributed by atoms with E-state index in [1.165, 1.54) is 5.56 Å². The highest BCUT2D eigenvalue weighted by molar-refractivity contribution is 5.78. The Balaban J connectivity index is 1.42. The number of rotatable bonds is 4. The van der Waals surface area contributed by atoms with Crippen molar-refractivity contribution >= 4 is 12.0 Å². The summed E-state index contributed by atoms with van der Waals surface area (Å²) >= 11 is 0. The molecule has 0 spiro atoms. The number of hydrogen-bond acceptors (Lipinski definition) is 4. The Morgan fingerprint density at radius 3 is 2.19 bits per heavy atom. The molecule has 2 aliphatic heterocycles. The molecule has 0 bridgehead atoms. The van der Waals surface area contributed by atoms with Crippen molar-refractivity contribution in [2.45, 2.75) is 39.2 Å². The van der Waals surface area contributed by atoms with Crippen molar-refractivity contribution in [2.24, 2.45) is 0 Å². The van der Waals surface area contributed by atoms with Crippen molar-refractivity contribution in [3.63, 3.8) is 0 Å². The lowest BCUT2D eigenvalue weighted by Crippen LogP contribution is -2.55. The van der Waals surface area contributed by atoms with E-state index in [1.54, 1.807) is 4.90 Å². The zero-order valence-electron chi connectivity index (χ0n) is 16.5. The third kappa shape index (κ3) is 5.22. The molecule has 148 valence electrons. The summed E-state index contributed by atoms with van der Waals surface area (Å²) in [6.45, 7) is 9.27. The fourth-order valence-electron chi connectivity index (χ4n) is 3.96. The monoisotopic (exact) mass is 373 g/mol. The molecule has 2 aliphatic rings. The summed E-state index contributed by atoms with van der Waals surface area (Å²) in [6, 6.07) is 8.71. The van der Waals surface area contributed by atoms with Crippen LogP contribution >= 0.6 is 0 Å². The highest BCUT2D eigenvalue weighted by Gasteiger charge is 2.30. The van der Waals surface area contributed by atoms with Crippen molar-refractivity contribution in [1.29, 1.82) is 0 Å². The van der Waals surface area contributed by atoms with Crippen LogP contribution in [0.5, 0.6) is 0 Å². The maximum absolute atomic E-state index is 12.6. The third-order valence-electron chi connectivity index (χ3n) is 5.65. The highest BCUT2D eigenvalue weighted by atomic mass is 16.6. The Hall–Kier alpha value is -2.08. The number of amides is 2. The molecule has 0 saturated carbocycles. The molecular formula is C21H31N3O3. The van der Waals surface area contributed by atoms with Crippen molar-refractivity contribution in [1.82, 2.24) is 14.7 Å². The molecular weight excluding hydrogens is 342 g/mol. The second-order valence-electron chi connectivity index (χ2n) is 7.50. The van der Waals surface area contributed by atoms with E-state index in [9.17, 15) is 9.59 Å². The summed E-state index contributed by atoms with van der Waals surface area (Å²) in [5.74, 6) is 0.218. The van der Waals surface area contributed by atoms with Crippen LogP contribution in [0.3, 0.4) is 0 Å². The zero-order chi connectivity index (χ0) is 19.2. The van der Waals surface area contributed by atoms with Gasteiger partial charge in [-0.3, -0.25) is 9.69 Å². The van der Waals surface area contributed by atoms with Crippen LogP contribution < -0.4 is 0 Å². The van der Waals surface area contributed by atoms with E-state index in [2.05, 4.69) is 24.0 Å². The van der Waals surface area contributed by atoms with Crippen LogP contribution in [-0.2, 0) is 16.0 Å². The van der Waals surface area contributed by atoms with Gasteiger partial charge in [0.15, 0.2) is 0 Å². The summed E-state index contributed by atoms with van der Waals surface area (Å²) < 4.78 is 5.09. The Morgan fingerprint density at radius 1 is 0.963 bits per heavy atom. The first-order valence-electron chi connectivity index (χ1n) is 10.1. The van der Waals surface area contributed by atoms with E-state index < -0.39 is 0 Å². The predicted molar refractivity (Wildman–Crippen MR) is 105 cm³/mol. The molecule has 3 rings (SSSR count). The standard InChI is InChI=1S/C21H31N3O3/c1-3-27-21(26)24-10-8-19(9-11-24)22-12-14-23(15-13-22)20(25)16-18-6-4-17(2)5-7-18/h4-7,19H,3,8-16H2,1-2H3. The van der Waals surface area contributed by atoms with Crippen molar-refractivity contribution in [3.8, 4) is 0 Å². The lowest BCUT2D eigenvalue weighted by molar-refractivity contribution is -0.132. The number of nitrogens with zero attached hydrogens (tertiary/aromatic N) is 3. The molecule has 0 radical (unpaired) electrons. The summed E-state index contributed by atoms with van der Waals surface area (Å²) in [7, 11) is 0. The number of carbonyl (C=O) groups excluding carboxylic acids is 2. The molecule has 6 nitrogen and oxygen atoms in total. The molecule has 2 saturated heterocycles.